The third-order valence-corrected chi connectivity index (χ3v) is 5.57. The zero-order chi connectivity index (χ0) is 20.9. The average molecular weight is 409 g/mol. The van der Waals surface area contributed by atoms with Gasteiger partial charge in [-0.1, -0.05) is 24.3 Å². The Morgan fingerprint density at radius 3 is 3.03 bits per heavy atom. The van der Waals surface area contributed by atoms with Crippen molar-refractivity contribution in [2.24, 2.45) is 0 Å². The molecule has 4 rings (SSSR count). The number of rotatable bonds is 6. The number of fused-ring (bicyclic) bond motifs is 1. The smallest absolute Gasteiger partial charge is 0.224 e. The van der Waals surface area contributed by atoms with Crippen molar-refractivity contribution in [2.75, 3.05) is 37.4 Å². The van der Waals surface area contributed by atoms with Crippen LogP contribution in [-0.2, 0) is 16.0 Å². The number of carbonyl (C=O) groups is 1. The van der Waals surface area contributed by atoms with E-state index in [0.29, 0.717) is 31.5 Å². The minimum Gasteiger partial charge on any atom is -0.489 e. The number of aryl methyl sites for hydroxylation is 1. The molecule has 1 aromatic carbocycles. The van der Waals surface area contributed by atoms with E-state index in [0.717, 1.165) is 42.1 Å². The van der Waals surface area contributed by atoms with Crippen LogP contribution in [0.15, 0.2) is 48.7 Å². The predicted octanol–water partition coefficient (Wildman–Crippen LogP) is 2.95. The SMILES string of the molecule is C[C@H]1CO[C@@H](c2ccc(N)nc2)CN1C/C=C/COc1ccc2c(c1)NC(=O)CC2. The molecule has 3 N–H and O–H groups in total. The molecule has 0 spiro atoms. The van der Waals surface area contributed by atoms with Crippen LogP contribution in [0.4, 0.5) is 11.5 Å². The van der Waals surface area contributed by atoms with Gasteiger partial charge in [0.25, 0.3) is 0 Å². The van der Waals surface area contributed by atoms with Gasteiger partial charge in [-0.05, 0) is 31.0 Å². The molecule has 1 fully saturated rings. The summed E-state index contributed by atoms with van der Waals surface area (Å²) in [6, 6.07) is 10.0. The third kappa shape index (κ3) is 4.98. The van der Waals surface area contributed by atoms with Crippen LogP contribution in [0.1, 0.15) is 30.6 Å². The van der Waals surface area contributed by atoms with Crippen LogP contribution >= 0.6 is 0 Å². The Morgan fingerprint density at radius 1 is 1.30 bits per heavy atom. The van der Waals surface area contributed by atoms with Crippen LogP contribution in [-0.4, -0.2) is 48.1 Å². The summed E-state index contributed by atoms with van der Waals surface area (Å²) >= 11 is 0. The van der Waals surface area contributed by atoms with Gasteiger partial charge < -0.3 is 20.5 Å². The number of nitrogen functional groups attached to an aromatic ring is 1. The summed E-state index contributed by atoms with van der Waals surface area (Å²) in [4.78, 5) is 18.1. The van der Waals surface area contributed by atoms with Gasteiger partial charge in [0, 0.05) is 49.1 Å². The maximum Gasteiger partial charge on any atom is 0.224 e. The fourth-order valence-corrected chi connectivity index (χ4v) is 3.73. The minimum absolute atomic E-state index is 0.00431. The summed E-state index contributed by atoms with van der Waals surface area (Å²) in [6.07, 6.45) is 7.28. The number of hydrogen-bond donors (Lipinski definition) is 2. The Kier molecular flexibility index (Phi) is 6.30. The first-order chi connectivity index (χ1) is 14.6. The van der Waals surface area contributed by atoms with E-state index in [-0.39, 0.29) is 12.0 Å². The second-order valence-corrected chi connectivity index (χ2v) is 7.79. The van der Waals surface area contributed by atoms with Crippen molar-refractivity contribution >= 4 is 17.4 Å². The second-order valence-electron chi connectivity index (χ2n) is 7.79. The first-order valence-electron chi connectivity index (χ1n) is 10.4. The lowest BCUT2D eigenvalue weighted by molar-refractivity contribution is -0.116. The number of nitrogens with zero attached hydrogens (tertiary/aromatic N) is 2. The molecule has 2 aliphatic heterocycles. The van der Waals surface area contributed by atoms with Crippen molar-refractivity contribution < 1.29 is 14.3 Å². The van der Waals surface area contributed by atoms with Gasteiger partial charge in [-0.15, -0.1) is 0 Å². The fraction of sp³-hybridized carbons (Fsp3) is 0.391. The quantitative estimate of drug-likeness (QED) is 0.715. The summed E-state index contributed by atoms with van der Waals surface area (Å²) in [5.74, 6) is 1.34. The number of nitrogens with two attached hydrogens (primary N) is 1. The van der Waals surface area contributed by atoms with Gasteiger partial charge in [-0.2, -0.15) is 0 Å². The summed E-state index contributed by atoms with van der Waals surface area (Å²) < 4.78 is 11.8. The van der Waals surface area contributed by atoms with Crippen molar-refractivity contribution in [2.45, 2.75) is 31.9 Å². The second kappa shape index (κ2) is 9.28. The topological polar surface area (TPSA) is 89.7 Å². The molecule has 1 aromatic heterocycles. The first kappa shape index (κ1) is 20.4. The van der Waals surface area contributed by atoms with Crippen molar-refractivity contribution in [1.29, 1.82) is 0 Å². The lowest BCUT2D eigenvalue weighted by Crippen LogP contribution is -2.45. The van der Waals surface area contributed by atoms with E-state index in [1.807, 2.05) is 36.4 Å². The van der Waals surface area contributed by atoms with Crippen LogP contribution < -0.4 is 15.8 Å². The molecule has 0 aliphatic carbocycles. The molecule has 0 radical (unpaired) electrons. The van der Waals surface area contributed by atoms with Gasteiger partial charge in [0.1, 0.15) is 18.2 Å². The van der Waals surface area contributed by atoms with Crippen LogP contribution in [0.25, 0.3) is 0 Å². The van der Waals surface area contributed by atoms with Crippen LogP contribution in [0.2, 0.25) is 0 Å². The molecule has 1 saturated heterocycles. The van der Waals surface area contributed by atoms with Crippen LogP contribution in [0.3, 0.4) is 0 Å². The van der Waals surface area contributed by atoms with Gasteiger partial charge >= 0.3 is 0 Å². The van der Waals surface area contributed by atoms with E-state index < -0.39 is 0 Å². The summed E-state index contributed by atoms with van der Waals surface area (Å²) in [7, 11) is 0. The van der Waals surface area contributed by atoms with E-state index in [9.17, 15) is 4.79 Å². The number of nitrogens with one attached hydrogen (secondary N) is 1. The molecule has 0 unspecified atom stereocenters. The molecule has 0 saturated carbocycles. The number of ether oxygens (including phenoxy) is 2. The number of pyridine rings is 1. The number of anilines is 2. The summed E-state index contributed by atoms with van der Waals surface area (Å²) in [6.45, 7) is 4.97. The number of aromatic nitrogens is 1. The molecule has 158 valence electrons. The standard InChI is InChI=1S/C23H28N4O3/c1-16-15-30-21(18-5-8-22(24)25-13-18)14-27(16)10-2-3-11-29-19-7-4-17-6-9-23(28)26-20(17)12-19/h2-5,7-8,12-13,16,21H,6,9-11,14-15H2,1H3,(H2,24,25)(H,26,28)/b3-2+/t16-,21+/m0/s1. The highest BCUT2D eigenvalue weighted by Gasteiger charge is 2.26. The minimum atomic E-state index is 0.00431. The predicted molar refractivity (Wildman–Crippen MR) is 116 cm³/mol. The third-order valence-electron chi connectivity index (χ3n) is 5.57. The Labute approximate surface area is 176 Å². The van der Waals surface area contributed by atoms with Crippen LogP contribution in [0, 0.1) is 0 Å². The van der Waals surface area contributed by atoms with Gasteiger partial charge in [0.05, 0.1) is 12.7 Å². The lowest BCUT2D eigenvalue weighted by Gasteiger charge is -2.37. The van der Waals surface area contributed by atoms with E-state index in [1.165, 1.54) is 0 Å². The highest BCUT2D eigenvalue weighted by atomic mass is 16.5. The van der Waals surface area contributed by atoms with Crippen molar-refractivity contribution in [3.8, 4) is 5.75 Å². The molecule has 30 heavy (non-hydrogen) atoms. The Hall–Kier alpha value is -2.90. The first-order valence-corrected chi connectivity index (χ1v) is 10.4. The van der Waals surface area contributed by atoms with Crippen molar-refractivity contribution in [1.82, 2.24) is 9.88 Å². The normalized spacial score (nSPS) is 22.0. The monoisotopic (exact) mass is 408 g/mol. The Bertz CT molecular complexity index is 913. The largest absolute Gasteiger partial charge is 0.489 e. The molecular weight excluding hydrogens is 380 g/mol. The maximum absolute atomic E-state index is 11.6. The van der Waals surface area contributed by atoms with Crippen LogP contribution in [0.5, 0.6) is 5.75 Å². The highest BCUT2D eigenvalue weighted by molar-refractivity contribution is 5.94. The molecule has 2 aliphatic rings. The van der Waals surface area contributed by atoms with Crippen molar-refractivity contribution in [3.05, 3.63) is 59.8 Å². The highest BCUT2D eigenvalue weighted by Crippen LogP contribution is 2.27. The fourth-order valence-electron chi connectivity index (χ4n) is 3.73. The van der Waals surface area contributed by atoms with Crippen molar-refractivity contribution in [3.63, 3.8) is 0 Å². The molecule has 0 bridgehead atoms. The van der Waals surface area contributed by atoms with Gasteiger partial charge in [0.15, 0.2) is 0 Å². The summed E-state index contributed by atoms with van der Waals surface area (Å²) in [5, 5.41) is 2.90. The maximum atomic E-state index is 11.6. The Balaban J connectivity index is 1.27. The number of carbonyl (C=O) groups excluding carboxylic acids is 1. The number of hydrogen-bond acceptors (Lipinski definition) is 6. The molecule has 7 heteroatoms. The Morgan fingerprint density at radius 2 is 2.20 bits per heavy atom. The zero-order valence-corrected chi connectivity index (χ0v) is 17.2. The molecule has 2 aromatic rings. The number of amides is 1. The van der Waals surface area contributed by atoms with Gasteiger partial charge in [-0.25, -0.2) is 4.98 Å². The summed E-state index contributed by atoms with van der Waals surface area (Å²) in [5.41, 5.74) is 8.75. The van der Waals surface area contributed by atoms with Gasteiger partial charge in [-0.3, -0.25) is 9.69 Å². The van der Waals surface area contributed by atoms with E-state index >= 15 is 0 Å². The van der Waals surface area contributed by atoms with E-state index in [1.54, 1.807) is 6.20 Å². The van der Waals surface area contributed by atoms with E-state index in [4.69, 9.17) is 15.2 Å². The van der Waals surface area contributed by atoms with Gasteiger partial charge in [0.2, 0.25) is 5.91 Å². The lowest BCUT2D eigenvalue weighted by atomic mass is 10.0. The average Bonchev–Trinajstić information content (AvgIpc) is 2.75. The molecule has 2 atom stereocenters. The number of morpholine rings is 1. The molecular formula is C23H28N4O3. The zero-order valence-electron chi connectivity index (χ0n) is 17.2. The molecule has 1 amide bonds. The van der Waals surface area contributed by atoms with E-state index in [2.05, 4.69) is 28.2 Å². The number of benzene rings is 1. The molecule has 7 nitrogen and oxygen atoms in total. The molecule has 3 heterocycles.